The molecule has 1 aliphatic heterocycles. The highest BCUT2D eigenvalue weighted by Crippen LogP contribution is 2.30. The summed E-state index contributed by atoms with van der Waals surface area (Å²) >= 11 is 3.30. The van der Waals surface area contributed by atoms with Gasteiger partial charge in [-0.15, -0.1) is 0 Å². The Bertz CT molecular complexity index is 487. The fourth-order valence-corrected chi connectivity index (χ4v) is 2.26. The van der Waals surface area contributed by atoms with Crippen LogP contribution in [-0.4, -0.2) is 31.4 Å². The zero-order chi connectivity index (χ0) is 13.1. The second-order valence-electron chi connectivity index (χ2n) is 4.06. The number of ketones is 1. The molecular formula is C13H14BrNO3. The van der Waals surface area contributed by atoms with Crippen molar-refractivity contribution < 1.29 is 14.3 Å². The first-order chi connectivity index (χ1) is 8.65. The largest absolute Gasteiger partial charge is 0.380 e. The predicted molar refractivity (Wildman–Crippen MR) is 71.9 cm³/mol. The minimum atomic E-state index is -0.469. The number of halogens is 1. The van der Waals surface area contributed by atoms with Crippen LogP contribution in [0.4, 0.5) is 5.69 Å². The SMILES string of the molecule is CCCOCCN1C(=O)C(=O)c2cc(Br)ccc21. The van der Waals surface area contributed by atoms with Crippen molar-refractivity contribution >= 4 is 33.3 Å². The van der Waals surface area contributed by atoms with Gasteiger partial charge in [-0.05, 0) is 24.6 Å². The van der Waals surface area contributed by atoms with E-state index >= 15 is 0 Å². The van der Waals surface area contributed by atoms with Crippen LogP contribution >= 0.6 is 15.9 Å². The lowest BCUT2D eigenvalue weighted by Gasteiger charge is -2.16. The van der Waals surface area contributed by atoms with E-state index in [4.69, 9.17) is 4.74 Å². The van der Waals surface area contributed by atoms with Crippen LogP contribution in [0.3, 0.4) is 0 Å². The molecule has 0 aliphatic carbocycles. The van der Waals surface area contributed by atoms with Gasteiger partial charge in [-0.2, -0.15) is 0 Å². The molecule has 0 N–H and O–H groups in total. The van der Waals surface area contributed by atoms with Crippen LogP contribution in [-0.2, 0) is 9.53 Å². The van der Waals surface area contributed by atoms with Gasteiger partial charge in [0.15, 0.2) is 0 Å². The minimum Gasteiger partial charge on any atom is -0.380 e. The second-order valence-corrected chi connectivity index (χ2v) is 4.98. The van der Waals surface area contributed by atoms with Gasteiger partial charge in [0.05, 0.1) is 17.9 Å². The van der Waals surface area contributed by atoms with E-state index in [1.807, 2.05) is 13.0 Å². The molecule has 18 heavy (non-hydrogen) atoms. The lowest BCUT2D eigenvalue weighted by molar-refractivity contribution is -0.114. The highest BCUT2D eigenvalue weighted by molar-refractivity contribution is 9.10. The van der Waals surface area contributed by atoms with E-state index in [0.717, 1.165) is 10.9 Å². The van der Waals surface area contributed by atoms with Crippen molar-refractivity contribution in [3.05, 3.63) is 28.2 Å². The summed E-state index contributed by atoms with van der Waals surface area (Å²) in [6.07, 6.45) is 0.941. The topological polar surface area (TPSA) is 46.6 Å². The fourth-order valence-electron chi connectivity index (χ4n) is 1.90. The lowest BCUT2D eigenvalue weighted by Crippen LogP contribution is -2.32. The van der Waals surface area contributed by atoms with Crippen LogP contribution in [0.15, 0.2) is 22.7 Å². The molecule has 0 saturated carbocycles. The number of amides is 1. The van der Waals surface area contributed by atoms with Gasteiger partial charge in [0.2, 0.25) is 0 Å². The number of carbonyl (C=O) groups is 2. The van der Waals surface area contributed by atoms with Crippen molar-refractivity contribution in [1.29, 1.82) is 0 Å². The third-order valence-corrected chi connectivity index (χ3v) is 3.23. The zero-order valence-corrected chi connectivity index (χ0v) is 11.7. The van der Waals surface area contributed by atoms with Gasteiger partial charge in [0.1, 0.15) is 0 Å². The second kappa shape index (κ2) is 5.63. The maximum absolute atomic E-state index is 11.8. The molecule has 1 amide bonds. The molecule has 0 spiro atoms. The van der Waals surface area contributed by atoms with Gasteiger partial charge in [-0.3, -0.25) is 9.59 Å². The van der Waals surface area contributed by atoms with Gasteiger partial charge in [-0.1, -0.05) is 22.9 Å². The maximum Gasteiger partial charge on any atom is 0.299 e. The number of ether oxygens (including phenoxy) is 1. The van der Waals surface area contributed by atoms with Crippen molar-refractivity contribution in [2.24, 2.45) is 0 Å². The summed E-state index contributed by atoms with van der Waals surface area (Å²) < 4.78 is 6.15. The summed E-state index contributed by atoms with van der Waals surface area (Å²) in [4.78, 5) is 25.1. The molecule has 96 valence electrons. The number of benzene rings is 1. The minimum absolute atomic E-state index is 0.416. The van der Waals surface area contributed by atoms with Crippen molar-refractivity contribution in [1.82, 2.24) is 0 Å². The Morgan fingerprint density at radius 3 is 2.78 bits per heavy atom. The number of fused-ring (bicyclic) bond motifs is 1. The number of carbonyl (C=O) groups excluding carboxylic acids is 2. The first kappa shape index (κ1) is 13.2. The van der Waals surface area contributed by atoms with E-state index in [0.29, 0.717) is 31.0 Å². The normalized spacial score (nSPS) is 14.2. The average molecular weight is 312 g/mol. The summed E-state index contributed by atoms with van der Waals surface area (Å²) in [5.41, 5.74) is 1.14. The average Bonchev–Trinajstić information content (AvgIpc) is 2.59. The van der Waals surface area contributed by atoms with E-state index in [2.05, 4.69) is 15.9 Å². The quantitative estimate of drug-likeness (QED) is 0.619. The lowest BCUT2D eigenvalue weighted by atomic mass is 10.1. The number of hydrogen-bond donors (Lipinski definition) is 0. The van der Waals surface area contributed by atoms with E-state index in [1.54, 1.807) is 12.1 Å². The van der Waals surface area contributed by atoms with Crippen LogP contribution < -0.4 is 4.90 Å². The molecule has 1 heterocycles. The Morgan fingerprint density at radius 1 is 1.28 bits per heavy atom. The van der Waals surface area contributed by atoms with Crippen molar-refractivity contribution in [2.45, 2.75) is 13.3 Å². The molecular weight excluding hydrogens is 298 g/mol. The predicted octanol–water partition coefficient (Wildman–Crippen LogP) is 2.41. The number of rotatable bonds is 5. The molecule has 0 saturated heterocycles. The highest BCUT2D eigenvalue weighted by atomic mass is 79.9. The van der Waals surface area contributed by atoms with E-state index in [-0.39, 0.29) is 0 Å². The molecule has 0 bridgehead atoms. The Hall–Kier alpha value is -1.20. The number of nitrogens with zero attached hydrogens (tertiary/aromatic N) is 1. The molecule has 1 aromatic rings. The molecule has 1 aromatic carbocycles. The molecule has 4 nitrogen and oxygen atoms in total. The summed E-state index contributed by atoms with van der Waals surface area (Å²) in [5, 5.41) is 0. The van der Waals surface area contributed by atoms with Gasteiger partial charge < -0.3 is 9.64 Å². The molecule has 0 unspecified atom stereocenters. The Kier molecular flexibility index (Phi) is 4.14. The molecule has 0 radical (unpaired) electrons. The van der Waals surface area contributed by atoms with Crippen LogP contribution in [0.1, 0.15) is 23.7 Å². The Morgan fingerprint density at radius 2 is 2.06 bits per heavy atom. The molecule has 0 fully saturated rings. The smallest absolute Gasteiger partial charge is 0.299 e. The molecule has 0 atom stereocenters. The maximum atomic E-state index is 11.8. The first-order valence-corrected chi connectivity index (χ1v) is 6.68. The van der Waals surface area contributed by atoms with Crippen molar-refractivity contribution in [2.75, 3.05) is 24.7 Å². The van der Waals surface area contributed by atoms with Crippen molar-refractivity contribution in [3.8, 4) is 0 Å². The molecule has 0 aromatic heterocycles. The number of hydrogen-bond acceptors (Lipinski definition) is 3. The van der Waals surface area contributed by atoms with Gasteiger partial charge >= 0.3 is 0 Å². The van der Waals surface area contributed by atoms with E-state index in [1.165, 1.54) is 4.90 Å². The zero-order valence-electron chi connectivity index (χ0n) is 10.1. The Balaban J connectivity index is 2.13. The van der Waals surface area contributed by atoms with Crippen LogP contribution in [0.5, 0.6) is 0 Å². The summed E-state index contributed by atoms with van der Waals surface area (Å²) in [5.74, 6) is -0.912. The number of anilines is 1. The third-order valence-electron chi connectivity index (χ3n) is 2.74. The van der Waals surface area contributed by atoms with E-state index in [9.17, 15) is 9.59 Å². The van der Waals surface area contributed by atoms with Crippen LogP contribution in [0, 0.1) is 0 Å². The van der Waals surface area contributed by atoms with Gasteiger partial charge in [-0.25, -0.2) is 0 Å². The van der Waals surface area contributed by atoms with Crippen molar-refractivity contribution in [3.63, 3.8) is 0 Å². The standard InChI is InChI=1S/C13H14BrNO3/c1-2-6-18-7-5-15-11-4-3-9(14)8-10(11)12(16)13(15)17/h3-4,8H,2,5-7H2,1H3. The van der Waals surface area contributed by atoms with Crippen LogP contribution in [0.25, 0.3) is 0 Å². The van der Waals surface area contributed by atoms with Gasteiger partial charge in [0, 0.05) is 17.6 Å². The summed E-state index contributed by atoms with van der Waals surface area (Å²) in [6, 6.07) is 5.29. The number of Topliss-reactive ketones (excluding diaryl/α,β-unsaturated/α-hetero) is 1. The first-order valence-electron chi connectivity index (χ1n) is 5.88. The fraction of sp³-hybridized carbons (Fsp3) is 0.385. The van der Waals surface area contributed by atoms with Gasteiger partial charge in [0.25, 0.3) is 11.7 Å². The van der Waals surface area contributed by atoms with Crippen LogP contribution in [0.2, 0.25) is 0 Å². The summed E-state index contributed by atoms with van der Waals surface area (Å²) in [7, 11) is 0. The molecule has 1 aliphatic rings. The highest BCUT2D eigenvalue weighted by Gasteiger charge is 2.35. The summed E-state index contributed by atoms with van der Waals surface area (Å²) in [6.45, 7) is 3.56. The third kappa shape index (κ3) is 2.47. The molecule has 5 heteroatoms. The van der Waals surface area contributed by atoms with E-state index < -0.39 is 11.7 Å². The Labute approximate surface area is 114 Å². The molecule has 2 rings (SSSR count). The monoisotopic (exact) mass is 311 g/mol.